The highest BCUT2D eigenvalue weighted by Crippen LogP contribution is 2.23. The van der Waals surface area contributed by atoms with Gasteiger partial charge in [0.25, 0.3) is 0 Å². The van der Waals surface area contributed by atoms with E-state index in [9.17, 15) is 0 Å². The van der Waals surface area contributed by atoms with Gasteiger partial charge in [0.2, 0.25) is 0 Å². The van der Waals surface area contributed by atoms with Crippen molar-refractivity contribution in [1.29, 1.82) is 0 Å². The summed E-state index contributed by atoms with van der Waals surface area (Å²) in [6.45, 7) is 5.35. The Morgan fingerprint density at radius 1 is 1.17 bits per heavy atom. The van der Waals surface area contributed by atoms with Gasteiger partial charge in [-0.15, -0.1) is 11.8 Å². The van der Waals surface area contributed by atoms with E-state index in [-0.39, 0.29) is 0 Å². The van der Waals surface area contributed by atoms with Crippen molar-refractivity contribution in [2.24, 2.45) is 0 Å². The molecular formula is C13H23N3S2. The van der Waals surface area contributed by atoms with Crippen molar-refractivity contribution in [2.45, 2.75) is 49.7 Å². The van der Waals surface area contributed by atoms with E-state index in [0.717, 1.165) is 34.7 Å². The largest absolute Gasteiger partial charge is 0.370 e. The lowest BCUT2D eigenvalue weighted by Gasteiger charge is -2.08. The van der Waals surface area contributed by atoms with Crippen LogP contribution in [-0.2, 0) is 0 Å². The highest BCUT2D eigenvalue weighted by molar-refractivity contribution is 7.99. The van der Waals surface area contributed by atoms with Crippen LogP contribution in [0.25, 0.3) is 0 Å². The number of anilines is 1. The Morgan fingerprint density at radius 3 is 2.67 bits per heavy atom. The van der Waals surface area contributed by atoms with Gasteiger partial charge in [0.15, 0.2) is 5.16 Å². The number of thioether (sulfide) groups is 2. The second kappa shape index (κ2) is 9.50. The van der Waals surface area contributed by atoms with Crippen molar-refractivity contribution in [3.05, 3.63) is 6.07 Å². The number of unbranched alkanes of at least 4 members (excludes halogenated alkanes) is 2. The molecule has 3 nitrogen and oxygen atoms in total. The van der Waals surface area contributed by atoms with Crippen molar-refractivity contribution in [1.82, 2.24) is 9.97 Å². The van der Waals surface area contributed by atoms with E-state index in [0.29, 0.717) is 0 Å². The zero-order valence-electron chi connectivity index (χ0n) is 11.5. The Labute approximate surface area is 119 Å². The Bertz CT molecular complexity index is 345. The Morgan fingerprint density at radius 2 is 2.00 bits per heavy atom. The van der Waals surface area contributed by atoms with E-state index in [1.807, 2.05) is 18.0 Å². The lowest BCUT2D eigenvalue weighted by molar-refractivity contribution is 0.777. The Hall–Kier alpha value is -0.420. The van der Waals surface area contributed by atoms with Crippen LogP contribution in [0.2, 0.25) is 0 Å². The highest BCUT2D eigenvalue weighted by Gasteiger charge is 2.04. The van der Waals surface area contributed by atoms with Crippen LogP contribution in [0.15, 0.2) is 16.2 Å². The standard InChI is InChI=1S/C13H23N3S2/c1-4-6-7-9-18-12-10-11(14-8-5-2)15-13(16-12)17-3/h10H,4-9H2,1-3H3,(H,14,15,16). The number of nitrogens with zero attached hydrogens (tertiary/aromatic N) is 2. The number of aromatic nitrogens is 2. The van der Waals surface area contributed by atoms with E-state index in [1.54, 1.807) is 11.8 Å². The molecule has 0 spiro atoms. The molecule has 1 aromatic heterocycles. The summed E-state index contributed by atoms with van der Waals surface area (Å²) >= 11 is 3.43. The maximum Gasteiger partial charge on any atom is 0.190 e. The molecule has 102 valence electrons. The average Bonchev–Trinajstić information content (AvgIpc) is 2.41. The molecule has 0 radical (unpaired) electrons. The fourth-order valence-electron chi connectivity index (χ4n) is 1.44. The maximum atomic E-state index is 4.53. The van der Waals surface area contributed by atoms with Gasteiger partial charge in [-0.05, 0) is 24.9 Å². The number of hydrogen-bond acceptors (Lipinski definition) is 5. The van der Waals surface area contributed by atoms with Gasteiger partial charge in [-0.1, -0.05) is 38.5 Å². The highest BCUT2D eigenvalue weighted by atomic mass is 32.2. The van der Waals surface area contributed by atoms with Crippen LogP contribution in [0.1, 0.15) is 39.5 Å². The topological polar surface area (TPSA) is 37.8 Å². The first-order valence-electron chi connectivity index (χ1n) is 6.59. The van der Waals surface area contributed by atoms with Crippen molar-refractivity contribution < 1.29 is 0 Å². The minimum Gasteiger partial charge on any atom is -0.370 e. The zero-order chi connectivity index (χ0) is 13.2. The van der Waals surface area contributed by atoms with Gasteiger partial charge >= 0.3 is 0 Å². The molecule has 0 saturated heterocycles. The molecule has 0 bridgehead atoms. The first-order valence-corrected chi connectivity index (χ1v) is 8.81. The van der Waals surface area contributed by atoms with Gasteiger partial charge in [0.1, 0.15) is 10.8 Å². The van der Waals surface area contributed by atoms with Crippen LogP contribution in [0.5, 0.6) is 0 Å². The summed E-state index contributed by atoms with van der Waals surface area (Å²) in [5, 5.41) is 5.28. The second-order valence-electron chi connectivity index (χ2n) is 4.06. The molecule has 18 heavy (non-hydrogen) atoms. The van der Waals surface area contributed by atoms with Gasteiger partial charge in [-0.25, -0.2) is 9.97 Å². The molecular weight excluding hydrogens is 262 g/mol. The van der Waals surface area contributed by atoms with Crippen molar-refractivity contribution >= 4 is 29.3 Å². The lowest BCUT2D eigenvalue weighted by Crippen LogP contribution is -2.03. The molecule has 0 amide bonds. The number of rotatable bonds is 9. The van der Waals surface area contributed by atoms with Gasteiger partial charge in [0, 0.05) is 12.6 Å². The molecule has 0 unspecified atom stereocenters. The summed E-state index contributed by atoms with van der Waals surface area (Å²) in [6, 6.07) is 2.06. The number of hydrogen-bond donors (Lipinski definition) is 1. The van der Waals surface area contributed by atoms with Crippen molar-refractivity contribution in [3.8, 4) is 0 Å². The molecule has 1 rings (SSSR count). The molecule has 0 aliphatic rings. The molecule has 0 aliphatic heterocycles. The molecule has 1 heterocycles. The SMILES string of the molecule is CCCCCSc1cc(NCCC)nc(SC)n1. The Kier molecular flexibility index (Phi) is 8.25. The van der Waals surface area contributed by atoms with Gasteiger partial charge in [-0.2, -0.15) is 0 Å². The second-order valence-corrected chi connectivity index (χ2v) is 5.95. The van der Waals surface area contributed by atoms with E-state index in [1.165, 1.54) is 19.3 Å². The third kappa shape index (κ3) is 5.96. The summed E-state index contributed by atoms with van der Waals surface area (Å²) in [5.41, 5.74) is 0. The Balaban J connectivity index is 2.58. The fraction of sp³-hybridized carbons (Fsp3) is 0.692. The minimum atomic E-state index is 0.856. The van der Waals surface area contributed by atoms with E-state index < -0.39 is 0 Å². The van der Waals surface area contributed by atoms with Crippen LogP contribution in [0, 0.1) is 0 Å². The normalized spacial score (nSPS) is 10.6. The van der Waals surface area contributed by atoms with E-state index in [2.05, 4.69) is 35.2 Å². The van der Waals surface area contributed by atoms with Crippen LogP contribution < -0.4 is 5.32 Å². The fourth-order valence-corrected chi connectivity index (χ4v) is 2.78. The van der Waals surface area contributed by atoms with E-state index >= 15 is 0 Å². The van der Waals surface area contributed by atoms with Gasteiger partial charge in [0.05, 0.1) is 0 Å². The molecule has 0 aromatic carbocycles. The average molecular weight is 285 g/mol. The first-order chi connectivity index (χ1) is 8.80. The maximum absolute atomic E-state index is 4.53. The summed E-state index contributed by atoms with van der Waals surface area (Å²) in [6.07, 6.45) is 6.96. The monoisotopic (exact) mass is 285 g/mol. The van der Waals surface area contributed by atoms with Crippen molar-refractivity contribution in [3.63, 3.8) is 0 Å². The zero-order valence-corrected chi connectivity index (χ0v) is 13.2. The summed E-state index contributed by atoms with van der Waals surface area (Å²) in [7, 11) is 0. The predicted octanol–water partition coefficient (Wildman–Crippen LogP) is 4.30. The number of nitrogens with one attached hydrogen (secondary N) is 1. The third-order valence-electron chi connectivity index (χ3n) is 2.42. The van der Waals surface area contributed by atoms with E-state index in [4.69, 9.17) is 0 Å². The molecule has 0 fully saturated rings. The predicted molar refractivity (Wildman–Crippen MR) is 82.8 cm³/mol. The lowest BCUT2D eigenvalue weighted by atomic mass is 10.3. The quantitative estimate of drug-likeness (QED) is 0.317. The van der Waals surface area contributed by atoms with Gasteiger partial charge in [-0.3, -0.25) is 0 Å². The van der Waals surface area contributed by atoms with Crippen molar-refractivity contribution in [2.75, 3.05) is 23.9 Å². The van der Waals surface area contributed by atoms with Gasteiger partial charge < -0.3 is 5.32 Å². The summed E-state index contributed by atoms with van der Waals surface area (Å²) < 4.78 is 0. The van der Waals surface area contributed by atoms with Crippen LogP contribution in [0.4, 0.5) is 5.82 Å². The van der Waals surface area contributed by atoms with Crippen LogP contribution in [0.3, 0.4) is 0 Å². The molecule has 1 N–H and O–H groups in total. The summed E-state index contributed by atoms with van der Waals surface area (Å²) in [5.74, 6) is 2.10. The summed E-state index contributed by atoms with van der Waals surface area (Å²) in [4.78, 5) is 8.99. The molecule has 0 saturated carbocycles. The molecule has 5 heteroatoms. The minimum absolute atomic E-state index is 0.856. The molecule has 1 aromatic rings. The molecule has 0 aliphatic carbocycles. The van der Waals surface area contributed by atoms with Crippen LogP contribution >= 0.6 is 23.5 Å². The first kappa shape index (κ1) is 15.6. The third-order valence-corrected chi connectivity index (χ3v) is 3.96. The van der Waals surface area contributed by atoms with Crippen LogP contribution in [-0.4, -0.2) is 28.5 Å². The smallest absolute Gasteiger partial charge is 0.190 e. The molecule has 0 atom stereocenters.